The molecule has 1 N–H and O–H groups in total. The molecule has 0 radical (unpaired) electrons. The van der Waals surface area contributed by atoms with Gasteiger partial charge in [-0.1, -0.05) is 18.2 Å². The van der Waals surface area contributed by atoms with Crippen LogP contribution in [0.4, 0.5) is 11.4 Å². The molecule has 0 aromatic heterocycles. The lowest BCUT2D eigenvalue weighted by molar-refractivity contribution is -0.384. The lowest BCUT2D eigenvalue weighted by atomic mass is 10.1. The number of nitrogens with one attached hydrogen (secondary N) is 1. The van der Waals surface area contributed by atoms with Crippen LogP contribution >= 0.6 is 22.6 Å². The lowest BCUT2D eigenvalue weighted by Crippen LogP contribution is -2.24. The Hall–Kier alpha value is -1.83. The molecule has 1 atom stereocenters. The minimum Gasteiger partial charge on any atom is -0.488 e. The van der Waals surface area contributed by atoms with Crippen molar-refractivity contribution in [2.75, 3.05) is 11.9 Å². The molecule has 1 aliphatic heterocycles. The second-order valence-corrected chi connectivity index (χ2v) is 6.02. The van der Waals surface area contributed by atoms with Crippen molar-refractivity contribution in [1.29, 1.82) is 0 Å². The summed E-state index contributed by atoms with van der Waals surface area (Å²) < 4.78 is 6.69. The van der Waals surface area contributed by atoms with E-state index in [1.54, 1.807) is 12.1 Å². The van der Waals surface area contributed by atoms with E-state index in [1.807, 2.05) is 18.2 Å². The first-order valence-corrected chi connectivity index (χ1v) is 7.64. The SMILES string of the molecule is O=[N+]([O-])c1ccc(NCC2Cc3ccccc3O2)c(I)c1. The Morgan fingerprint density at radius 3 is 2.86 bits per heavy atom. The number of fused-ring (bicyclic) bond motifs is 1. The first kappa shape index (κ1) is 14.1. The number of nitro benzene ring substituents is 1. The number of nitro groups is 1. The van der Waals surface area contributed by atoms with Gasteiger partial charge in [-0.05, 0) is 40.3 Å². The number of para-hydroxylation sites is 1. The van der Waals surface area contributed by atoms with E-state index in [-0.39, 0.29) is 16.7 Å². The molecule has 21 heavy (non-hydrogen) atoms. The molecule has 6 heteroatoms. The maximum atomic E-state index is 10.7. The van der Waals surface area contributed by atoms with Crippen LogP contribution in [0, 0.1) is 13.7 Å². The molecule has 0 amide bonds. The molecular formula is C15H13IN2O3. The van der Waals surface area contributed by atoms with Crippen LogP contribution in [0.1, 0.15) is 5.56 Å². The number of rotatable bonds is 4. The van der Waals surface area contributed by atoms with Crippen molar-refractivity contribution in [2.45, 2.75) is 12.5 Å². The van der Waals surface area contributed by atoms with Crippen molar-refractivity contribution in [3.63, 3.8) is 0 Å². The van der Waals surface area contributed by atoms with E-state index in [2.05, 4.69) is 34.0 Å². The van der Waals surface area contributed by atoms with Crippen LogP contribution in [0.5, 0.6) is 5.75 Å². The molecule has 2 aromatic rings. The third-order valence-corrected chi connectivity index (χ3v) is 4.29. The first-order chi connectivity index (χ1) is 10.1. The van der Waals surface area contributed by atoms with Gasteiger partial charge in [-0.3, -0.25) is 10.1 Å². The number of benzene rings is 2. The molecule has 0 saturated heterocycles. The highest BCUT2D eigenvalue weighted by Crippen LogP contribution is 2.29. The number of non-ortho nitro benzene ring substituents is 1. The Morgan fingerprint density at radius 2 is 2.14 bits per heavy atom. The second kappa shape index (κ2) is 5.88. The quantitative estimate of drug-likeness (QED) is 0.487. The van der Waals surface area contributed by atoms with Crippen LogP contribution in [-0.4, -0.2) is 17.6 Å². The zero-order chi connectivity index (χ0) is 14.8. The Bertz CT molecular complexity index is 665. The topological polar surface area (TPSA) is 64.4 Å². The predicted molar refractivity (Wildman–Crippen MR) is 88.9 cm³/mol. The number of ether oxygens (including phenoxy) is 1. The van der Waals surface area contributed by atoms with Crippen molar-refractivity contribution in [3.05, 3.63) is 61.7 Å². The Balaban J connectivity index is 1.63. The maximum Gasteiger partial charge on any atom is 0.270 e. The molecule has 1 unspecified atom stereocenters. The third-order valence-electron chi connectivity index (χ3n) is 3.40. The summed E-state index contributed by atoms with van der Waals surface area (Å²) >= 11 is 2.10. The maximum absolute atomic E-state index is 10.7. The standard InChI is InChI=1S/C15H13IN2O3/c16-13-8-11(18(19)20)5-6-14(13)17-9-12-7-10-3-1-2-4-15(10)21-12/h1-6,8,12,17H,7,9H2. The van der Waals surface area contributed by atoms with E-state index >= 15 is 0 Å². The first-order valence-electron chi connectivity index (χ1n) is 6.56. The van der Waals surface area contributed by atoms with Gasteiger partial charge in [0.05, 0.1) is 11.5 Å². The van der Waals surface area contributed by atoms with Gasteiger partial charge < -0.3 is 10.1 Å². The zero-order valence-electron chi connectivity index (χ0n) is 11.1. The monoisotopic (exact) mass is 396 g/mol. The summed E-state index contributed by atoms with van der Waals surface area (Å²) in [4.78, 5) is 10.3. The Labute approximate surface area is 135 Å². The number of nitrogens with zero attached hydrogens (tertiary/aromatic N) is 1. The molecule has 0 fully saturated rings. The fraction of sp³-hybridized carbons (Fsp3) is 0.200. The van der Waals surface area contributed by atoms with Crippen LogP contribution in [0.15, 0.2) is 42.5 Å². The molecule has 0 saturated carbocycles. The Morgan fingerprint density at radius 1 is 1.33 bits per heavy atom. The molecule has 0 bridgehead atoms. The molecule has 1 heterocycles. The minimum absolute atomic E-state index is 0.0911. The summed E-state index contributed by atoms with van der Waals surface area (Å²) in [7, 11) is 0. The summed E-state index contributed by atoms with van der Waals surface area (Å²) in [6.45, 7) is 0.669. The van der Waals surface area contributed by atoms with Crippen LogP contribution in [-0.2, 0) is 6.42 Å². The van der Waals surface area contributed by atoms with Crippen molar-refractivity contribution in [1.82, 2.24) is 0 Å². The van der Waals surface area contributed by atoms with Gasteiger partial charge in [0.25, 0.3) is 5.69 Å². The predicted octanol–water partition coefficient (Wildman–Crippen LogP) is 3.62. The fourth-order valence-corrected chi connectivity index (χ4v) is 3.04. The second-order valence-electron chi connectivity index (χ2n) is 4.85. The van der Waals surface area contributed by atoms with Crippen LogP contribution < -0.4 is 10.1 Å². The molecule has 3 rings (SSSR count). The van der Waals surface area contributed by atoms with E-state index in [1.165, 1.54) is 11.6 Å². The van der Waals surface area contributed by atoms with E-state index in [0.29, 0.717) is 6.54 Å². The van der Waals surface area contributed by atoms with Crippen molar-refractivity contribution in [3.8, 4) is 5.75 Å². The highest BCUT2D eigenvalue weighted by molar-refractivity contribution is 14.1. The van der Waals surface area contributed by atoms with Gasteiger partial charge >= 0.3 is 0 Å². The van der Waals surface area contributed by atoms with E-state index in [0.717, 1.165) is 21.4 Å². The highest BCUT2D eigenvalue weighted by atomic mass is 127. The number of hydrogen-bond acceptors (Lipinski definition) is 4. The number of halogens is 1. The van der Waals surface area contributed by atoms with Crippen molar-refractivity contribution < 1.29 is 9.66 Å². The zero-order valence-corrected chi connectivity index (χ0v) is 13.2. The number of anilines is 1. The van der Waals surface area contributed by atoms with Crippen LogP contribution in [0.25, 0.3) is 0 Å². The van der Waals surface area contributed by atoms with Gasteiger partial charge in [-0.25, -0.2) is 0 Å². The van der Waals surface area contributed by atoms with Gasteiger partial charge in [0.1, 0.15) is 11.9 Å². The van der Waals surface area contributed by atoms with Crippen molar-refractivity contribution in [2.24, 2.45) is 0 Å². The van der Waals surface area contributed by atoms with E-state index in [4.69, 9.17) is 4.74 Å². The summed E-state index contributed by atoms with van der Waals surface area (Å²) in [5.41, 5.74) is 2.22. The summed E-state index contributed by atoms with van der Waals surface area (Å²) in [5, 5.41) is 14.0. The van der Waals surface area contributed by atoms with Gasteiger partial charge in [-0.15, -0.1) is 0 Å². The highest BCUT2D eigenvalue weighted by Gasteiger charge is 2.22. The number of hydrogen-bond donors (Lipinski definition) is 1. The average molecular weight is 396 g/mol. The fourth-order valence-electron chi connectivity index (χ4n) is 2.35. The molecule has 108 valence electrons. The van der Waals surface area contributed by atoms with Gasteiger partial charge in [-0.2, -0.15) is 0 Å². The molecule has 1 aliphatic rings. The van der Waals surface area contributed by atoms with Gasteiger partial charge in [0.2, 0.25) is 0 Å². The van der Waals surface area contributed by atoms with Crippen molar-refractivity contribution >= 4 is 34.0 Å². The summed E-state index contributed by atoms with van der Waals surface area (Å²) in [5.74, 6) is 0.947. The molecular weight excluding hydrogens is 383 g/mol. The van der Waals surface area contributed by atoms with E-state index in [9.17, 15) is 10.1 Å². The summed E-state index contributed by atoms with van der Waals surface area (Å²) in [6, 6.07) is 12.8. The van der Waals surface area contributed by atoms with E-state index < -0.39 is 0 Å². The molecule has 0 spiro atoms. The van der Waals surface area contributed by atoms with Gasteiger partial charge in [0.15, 0.2) is 0 Å². The molecule has 0 aliphatic carbocycles. The normalized spacial score (nSPS) is 16.1. The smallest absolute Gasteiger partial charge is 0.270 e. The average Bonchev–Trinajstić information content (AvgIpc) is 2.88. The summed E-state index contributed by atoms with van der Waals surface area (Å²) in [6.07, 6.45) is 0.973. The van der Waals surface area contributed by atoms with Gasteiger partial charge in [0, 0.05) is 27.8 Å². The third kappa shape index (κ3) is 3.10. The molecule has 2 aromatic carbocycles. The molecule has 5 nitrogen and oxygen atoms in total. The largest absolute Gasteiger partial charge is 0.488 e. The van der Waals surface area contributed by atoms with Crippen LogP contribution in [0.3, 0.4) is 0 Å². The van der Waals surface area contributed by atoms with Crippen LogP contribution in [0.2, 0.25) is 0 Å². The Kier molecular flexibility index (Phi) is 3.96. The minimum atomic E-state index is -0.386. The lowest BCUT2D eigenvalue weighted by Gasteiger charge is -2.13.